The maximum atomic E-state index is 5.95. The molecule has 0 radical (unpaired) electrons. The fourth-order valence-corrected chi connectivity index (χ4v) is 2.30. The van der Waals surface area contributed by atoms with Crippen LogP contribution < -0.4 is 5.32 Å². The van der Waals surface area contributed by atoms with Gasteiger partial charge in [-0.25, -0.2) is 0 Å². The third kappa shape index (κ3) is 1.96. The summed E-state index contributed by atoms with van der Waals surface area (Å²) in [4.78, 5) is 0. The number of hydrogen-bond donors (Lipinski definition) is 1. The Morgan fingerprint density at radius 2 is 2.07 bits per heavy atom. The van der Waals surface area contributed by atoms with E-state index in [4.69, 9.17) is 4.74 Å². The zero-order chi connectivity index (χ0) is 10.2. The standard InChI is InChI=1S/C12H23NO/c1-4-13-10-7-11(12(10,2)3)14-8-9-5-6-9/h9-11,13H,4-8H2,1-3H3. The van der Waals surface area contributed by atoms with Crippen molar-refractivity contribution in [2.45, 2.75) is 52.2 Å². The first-order valence-corrected chi connectivity index (χ1v) is 5.99. The summed E-state index contributed by atoms with van der Waals surface area (Å²) >= 11 is 0. The summed E-state index contributed by atoms with van der Waals surface area (Å²) in [5.74, 6) is 0.893. The molecule has 0 aromatic carbocycles. The normalized spacial score (nSPS) is 35.4. The van der Waals surface area contributed by atoms with Gasteiger partial charge < -0.3 is 10.1 Å². The Labute approximate surface area is 87.4 Å². The van der Waals surface area contributed by atoms with Crippen LogP contribution in [0.2, 0.25) is 0 Å². The molecule has 0 heterocycles. The molecule has 2 atom stereocenters. The number of ether oxygens (including phenoxy) is 1. The predicted molar refractivity (Wildman–Crippen MR) is 58.3 cm³/mol. The summed E-state index contributed by atoms with van der Waals surface area (Å²) < 4.78 is 5.95. The topological polar surface area (TPSA) is 21.3 Å². The minimum Gasteiger partial charge on any atom is -0.377 e. The molecule has 0 aliphatic heterocycles. The molecule has 2 nitrogen and oxygen atoms in total. The summed E-state index contributed by atoms with van der Waals surface area (Å²) in [6, 6.07) is 0.664. The summed E-state index contributed by atoms with van der Waals surface area (Å²) in [7, 11) is 0. The van der Waals surface area contributed by atoms with Crippen LogP contribution in [0.5, 0.6) is 0 Å². The number of hydrogen-bond acceptors (Lipinski definition) is 2. The lowest BCUT2D eigenvalue weighted by molar-refractivity contribution is -0.119. The van der Waals surface area contributed by atoms with Crippen molar-refractivity contribution in [3.8, 4) is 0 Å². The Morgan fingerprint density at radius 3 is 2.57 bits per heavy atom. The van der Waals surface area contributed by atoms with Gasteiger partial charge in [-0.05, 0) is 31.7 Å². The van der Waals surface area contributed by atoms with E-state index in [1.165, 1.54) is 19.3 Å². The van der Waals surface area contributed by atoms with Gasteiger partial charge in [0.1, 0.15) is 0 Å². The van der Waals surface area contributed by atoms with Crippen LogP contribution in [0.3, 0.4) is 0 Å². The van der Waals surface area contributed by atoms with Gasteiger partial charge >= 0.3 is 0 Å². The molecule has 2 fully saturated rings. The van der Waals surface area contributed by atoms with Gasteiger partial charge in [-0.15, -0.1) is 0 Å². The van der Waals surface area contributed by atoms with E-state index in [2.05, 4.69) is 26.1 Å². The van der Waals surface area contributed by atoms with Crippen molar-refractivity contribution >= 4 is 0 Å². The largest absolute Gasteiger partial charge is 0.377 e. The van der Waals surface area contributed by atoms with Gasteiger partial charge in [0.25, 0.3) is 0 Å². The van der Waals surface area contributed by atoms with Gasteiger partial charge in [0.05, 0.1) is 6.10 Å². The third-order valence-corrected chi connectivity index (χ3v) is 3.86. The van der Waals surface area contributed by atoms with Crippen LogP contribution in [-0.2, 0) is 4.74 Å². The highest BCUT2D eigenvalue weighted by molar-refractivity contribution is 5.02. The molecular weight excluding hydrogens is 174 g/mol. The van der Waals surface area contributed by atoms with Gasteiger partial charge in [-0.2, -0.15) is 0 Å². The minimum atomic E-state index is 0.338. The molecule has 0 bridgehead atoms. The van der Waals surface area contributed by atoms with Crippen LogP contribution in [0.15, 0.2) is 0 Å². The van der Waals surface area contributed by atoms with E-state index in [9.17, 15) is 0 Å². The first-order chi connectivity index (χ1) is 6.64. The van der Waals surface area contributed by atoms with E-state index in [0.29, 0.717) is 17.6 Å². The van der Waals surface area contributed by atoms with E-state index in [1.54, 1.807) is 0 Å². The Kier molecular flexibility index (Phi) is 2.85. The van der Waals surface area contributed by atoms with E-state index < -0.39 is 0 Å². The van der Waals surface area contributed by atoms with Gasteiger partial charge in [0, 0.05) is 18.1 Å². The molecule has 0 aromatic rings. The van der Waals surface area contributed by atoms with Crippen molar-refractivity contribution in [3.05, 3.63) is 0 Å². The molecule has 2 heteroatoms. The molecule has 1 N–H and O–H groups in total. The smallest absolute Gasteiger partial charge is 0.0656 e. The molecule has 0 spiro atoms. The molecular formula is C12H23NO. The SMILES string of the molecule is CCNC1CC(OCC2CC2)C1(C)C. The molecule has 82 valence electrons. The van der Waals surface area contributed by atoms with Gasteiger partial charge in [0.2, 0.25) is 0 Å². The second-order valence-electron chi connectivity index (χ2n) is 5.43. The Hall–Kier alpha value is -0.0800. The van der Waals surface area contributed by atoms with Gasteiger partial charge in [-0.1, -0.05) is 20.8 Å². The van der Waals surface area contributed by atoms with E-state index in [-0.39, 0.29) is 0 Å². The van der Waals surface area contributed by atoms with Crippen molar-refractivity contribution in [1.29, 1.82) is 0 Å². The Morgan fingerprint density at radius 1 is 1.36 bits per heavy atom. The molecule has 2 aliphatic rings. The van der Waals surface area contributed by atoms with Crippen LogP contribution in [0.25, 0.3) is 0 Å². The lowest BCUT2D eigenvalue weighted by Crippen LogP contribution is -2.60. The minimum absolute atomic E-state index is 0.338. The van der Waals surface area contributed by atoms with E-state index in [0.717, 1.165) is 19.1 Å². The summed E-state index contributed by atoms with van der Waals surface area (Å²) in [6.07, 6.45) is 4.48. The van der Waals surface area contributed by atoms with Crippen molar-refractivity contribution in [3.63, 3.8) is 0 Å². The molecule has 0 aromatic heterocycles. The second kappa shape index (κ2) is 3.82. The molecule has 14 heavy (non-hydrogen) atoms. The molecule has 2 unspecified atom stereocenters. The molecule has 2 aliphatic carbocycles. The summed E-state index contributed by atoms with van der Waals surface area (Å²) in [5, 5.41) is 3.53. The molecule has 0 saturated heterocycles. The Bertz CT molecular complexity index is 198. The maximum absolute atomic E-state index is 5.95. The monoisotopic (exact) mass is 197 g/mol. The predicted octanol–water partition coefficient (Wildman–Crippen LogP) is 2.19. The van der Waals surface area contributed by atoms with Crippen LogP contribution >= 0.6 is 0 Å². The van der Waals surface area contributed by atoms with Gasteiger partial charge in [0.15, 0.2) is 0 Å². The highest BCUT2D eigenvalue weighted by Gasteiger charge is 2.48. The fraction of sp³-hybridized carbons (Fsp3) is 1.00. The van der Waals surface area contributed by atoms with Crippen LogP contribution in [-0.4, -0.2) is 25.3 Å². The molecule has 2 rings (SSSR count). The first kappa shape index (κ1) is 10.4. The maximum Gasteiger partial charge on any atom is 0.0656 e. The average Bonchev–Trinajstić information content (AvgIpc) is 2.93. The quantitative estimate of drug-likeness (QED) is 0.729. The fourth-order valence-electron chi connectivity index (χ4n) is 2.30. The second-order valence-corrected chi connectivity index (χ2v) is 5.43. The highest BCUT2D eigenvalue weighted by atomic mass is 16.5. The number of nitrogens with one attached hydrogen (secondary N) is 1. The van der Waals surface area contributed by atoms with Crippen molar-refractivity contribution < 1.29 is 4.74 Å². The Balaban J connectivity index is 1.73. The van der Waals surface area contributed by atoms with E-state index >= 15 is 0 Å². The third-order valence-electron chi connectivity index (χ3n) is 3.86. The lowest BCUT2D eigenvalue weighted by atomic mass is 9.64. The van der Waals surface area contributed by atoms with Crippen molar-refractivity contribution in [2.75, 3.05) is 13.2 Å². The van der Waals surface area contributed by atoms with Crippen LogP contribution in [0.4, 0.5) is 0 Å². The zero-order valence-electron chi connectivity index (χ0n) is 9.68. The van der Waals surface area contributed by atoms with Gasteiger partial charge in [-0.3, -0.25) is 0 Å². The van der Waals surface area contributed by atoms with Crippen LogP contribution in [0.1, 0.15) is 40.0 Å². The summed E-state index contributed by atoms with van der Waals surface area (Å²) in [6.45, 7) is 8.90. The summed E-state index contributed by atoms with van der Waals surface area (Å²) in [5.41, 5.74) is 0.338. The average molecular weight is 197 g/mol. The lowest BCUT2D eigenvalue weighted by Gasteiger charge is -2.52. The van der Waals surface area contributed by atoms with Crippen molar-refractivity contribution in [2.24, 2.45) is 11.3 Å². The number of rotatable bonds is 5. The zero-order valence-corrected chi connectivity index (χ0v) is 9.68. The van der Waals surface area contributed by atoms with Crippen molar-refractivity contribution in [1.82, 2.24) is 5.32 Å². The molecule has 0 amide bonds. The van der Waals surface area contributed by atoms with E-state index in [1.807, 2.05) is 0 Å². The first-order valence-electron chi connectivity index (χ1n) is 5.99. The molecule has 2 saturated carbocycles. The van der Waals surface area contributed by atoms with Crippen LogP contribution in [0, 0.1) is 11.3 Å². The highest BCUT2D eigenvalue weighted by Crippen LogP contribution is 2.43.